The average molecular weight is 485 g/mol. The molecular weight excluding hydrogens is 464 g/mol. The summed E-state index contributed by atoms with van der Waals surface area (Å²) in [7, 11) is 0. The van der Waals surface area contributed by atoms with E-state index in [4.69, 9.17) is 0 Å². The number of nitrogens with one attached hydrogen (secondary N) is 1. The SMILES string of the molecule is CCC(C)[C@@H](c1c(Br)cc(Br)c(O)c1Br)N1CCNCC1. The van der Waals surface area contributed by atoms with Crippen molar-refractivity contribution in [2.45, 2.75) is 26.3 Å². The molecule has 0 spiro atoms. The summed E-state index contributed by atoms with van der Waals surface area (Å²) in [5, 5.41) is 13.7. The van der Waals surface area contributed by atoms with Gasteiger partial charge in [-0.15, -0.1) is 0 Å². The van der Waals surface area contributed by atoms with Crippen molar-refractivity contribution in [2.24, 2.45) is 5.92 Å². The van der Waals surface area contributed by atoms with Crippen molar-refractivity contribution in [3.63, 3.8) is 0 Å². The van der Waals surface area contributed by atoms with Gasteiger partial charge in [0.05, 0.1) is 8.95 Å². The summed E-state index contributed by atoms with van der Waals surface area (Å²) in [4.78, 5) is 2.52. The molecule has 1 unspecified atom stereocenters. The standard InChI is InChI=1S/C15H21Br3N2O/c1-3-9(2)14(20-6-4-19-5-7-20)12-10(16)8-11(17)15(21)13(12)18/h8-9,14,19,21H,3-7H2,1-2H3/t9?,14-/m0/s1. The first-order valence-corrected chi connectivity index (χ1v) is 9.66. The van der Waals surface area contributed by atoms with Crippen LogP contribution in [0.2, 0.25) is 0 Å². The first kappa shape index (κ1) is 17.7. The normalized spacial score (nSPS) is 19.5. The van der Waals surface area contributed by atoms with Gasteiger partial charge in [-0.05, 0) is 43.8 Å². The molecule has 0 aromatic heterocycles. The van der Waals surface area contributed by atoms with Gasteiger partial charge < -0.3 is 10.4 Å². The molecule has 0 bridgehead atoms. The van der Waals surface area contributed by atoms with Gasteiger partial charge in [-0.1, -0.05) is 36.2 Å². The first-order valence-electron chi connectivity index (χ1n) is 7.28. The van der Waals surface area contributed by atoms with Gasteiger partial charge in [0.25, 0.3) is 0 Å². The third-order valence-corrected chi connectivity index (χ3v) is 6.27. The van der Waals surface area contributed by atoms with Gasteiger partial charge in [0.1, 0.15) is 5.75 Å². The Morgan fingerprint density at radius 1 is 1.24 bits per heavy atom. The van der Waals surface area contributed by atoms with Crippen LogP contribution in [0.5, 0.6) is 5.75 Å². The first-order chi connectivity index (χ1) is 9.97. The lowest BCUT2D eigenvalue weighted by Crippen LogP contribution is -2.46. The number of phenols is 1. The Kier molecular flexibility index (Phi) is 6.56. The highest BCUT2D eigenvalue weighted by molar-refractivity contribution is 9.11. The maximum absolute atomic E-state index is 10.3. The summed E-state index contributed by atoms with van der Waals surface area (Å²) >= 11 is 10.7. The zero-order valence-electron chi connectivity index (χ0n) is 12.3. The molecule has 2 rings (SSSR count). The Morgan fingerprint density at radius 3 is 2.43 bits per heavy atom. The summed E-state index contributed by atoms with van der Waals surface area (Å²) in [5.74, 6) is 0.785. The summed E-state index contributed by atoms with van der Waals surface area (Å²) in [6.07, 6.45) is 1.10. The fourth-order valence-electron chi connectivity index (χ4n) is 2.88. The van der Waals surface area contributed by atoms with E-state index in [9.17, 15) is 5.11 Å². The van der Waals surface area contributed by atoms with E-state index in [1.54, 1.807) is 0 Å². The van der Waals surface area contributed by atoms with Crippen LogP contribution in [-0.4, -0.2) is 36.2 Å². The predicted octanol–water partition coefficient (Wildman–Crippen LogP) is 4.67. The monoisotopic (exact) mass is 482 g/mol. The largest absolute Gasteiger partial charge is 0.506 e. The van der Waals surface area contributed by atoms with Crippen molar-refractivity contribution in [1.82, 2.24) is 10.2 Å². The minimum absolute atomic E-state index is 0.275. The van der Waals surface area contributed by atoms with Crippen LogP contribution in [0.3, 0.4) is 0 Å². The molecule has 6 heteroatoms. The highest BCUT2D eigenvalue weighted by atomic mass is 79.9. The van der Waals surface area contributed by atoms with E-state index < -0.39 is 0 Å². The average Bonchev–Trinajstić information content (AvgIpc) is 2.49. The number of hydrogen-bond donors (Lipinski definition) is 2. The second kappa shape index (κ2) is 7.77. The number of rotatable bonds is 4. The number of phenolic OH excluding ortho intramolecular Hbond substituents is 1. The Labute approximate surface area is 151 Å². The van der Waals surface area contributed by atoms with Gasteiger partial charge in [0, 0.05) is 42.3 Å². The third kappa shape index (κ3) is 3.83. The fourth-order valence-corrected chi connectivity index (χ4v) is 5.47. The summed E-state index contributed by atoms with van der Waals surface area (Å²) in [6.45, 7) is 8.61. The molecule has 1 aromatic carbocycles. The molecule has 2 N–H and O–H groups in total. The number of halogens is 3. The third-order valence-electron chi connectivity index (χ3n) is 4.21. The molecule has 1 saturated heterocycles. The van der Waals surface area contributed by atoms with Gasteiger partial charge in [-0.25, -0.2) is 0 Å². The molecule has 21 heavy (non-hydrogen) atoms. The van der Waals surface area contributed by atoms with Crippen LogP contribution in [0.15, 0.2) is 19.5 Å². The lowest BCUT2D eigenvalue weighted by atomic mass is 9.90. The van der Waals surface area contributed by atoms with Crippen LogP contribution in [-0.2, 0) is 0 Å². The van der Waals surface area contributed by atoms with Gasteiger partial charge >= 0.3 is 0 Å². The minimum atomic E-state index is 0.275. The molecule has 1 fully saturated rings. The van der Waals surface area contributed by atoms with Crippen molar-refractivity contribution < 1.29 is 5.11 Å². The van der Waals surface area contributed by atoms with Crippen LogP contribution in [0, 0.1) is 5.92 Å². The maximum Gasteiger partial charge on any atom is 0.144 e. The smallest absolute Gasteiger partial charge is 0.144 e. The van der Waals surface area contributed by atoms with E-state index in [2.05, 4.69) is 71.9 Å². The van der Waals surface area contributed by atoms with Crippen molar-refractivity contribution in [3.8, 4) is 5.75 Å². The lowest BCUT2D eigenvalue weighted by molar-refractivity contribution is 0.127. The number of benzene rings is 1. The van der Waals surface area contributed by atoms with Crippen LogP contribution in [0.4, 0.5) is 0 Å². The van der Waals surface area contributed by atoms with E-state index in [1.165, 1.54) is 0 Å². The summed E-state index contributed by atoms with van der Waals surface area (Å²) in [5.41, 5.74) is 1.15. The molecule has 3 nitrogen and oxygen atoms in total. The lowest BCUT2D eigenvalue weighted by Gasteiger charge is -2.39. The molecule has 2 atom stereocenters. The van der Waals surface area contributed by atoms with Crippen LogP contribution in [0.1, 0.15) is 31.9 Å². The van der Waals surface area contributed by atoms with Gasteiger partial charge in [-0.3, -0.25) is 4.90 Å². The molecule has 0 saturated carbocycles. The Bertz CT molecular complexity index is 504. The van der Waals surface area contributed by atoms with Crippen LogP contribution < -0.4 is 5.32 Å². The van der Waals surface area contributed by atoms with E-state index >= 15 is 0 Å². The van der Waals surface area contributed by atoms with E-state index in [0.29, 0.717) is 16.4 Å². The fraction of sp³-hybridized carbons (Fsp3) is 0.600. The maximum atomic E-state index is 10.3. The molecule has 0 amide bonds. The van der Waals surface area contributed by atoms with Gasteiger partial charge in [0.15, 0.2) is 0 Å². The molecule has 118 valence electrons. The molecule has 0 radical (unpaired) electrons. The van der Waals surface area contributed by atoms with Gasteiger partial charge in [-0.2, -0.15) is 0 Å². The molecule has 1 aromatic rings. The number of piperazine rings is 1. The highest BCUT2D eigenvalue weighted by Gasteiger charge is 2.31. The molecular formula is C15H21Br3N2O. The quantitative estimate of drug-likeness (QED) is 0.651. The summed E-state index contributed by atoms with van der Waals surface area (Å²) < 4.78 is 2.52. The molecule has 1 heterocycles. The van der Waals surface area contributed by atoms with Crippen LogP contribution >= 0.6 is 47.8 Å². The Hall–Kier alpha value is 0.380. The van der Waals surface area contributed by atoms with Crippen molar-refractivity contribution in [2.75, 3.05) is 26.2 Å². The second-order valence-electron chi connectivity index (χ2n) is 5.53. The Morgan fingerprint density at radius 2 is 1.86 bits per heavy atom. The van der Waals surface area contributed by atoms with E-state index in [0.717, 1.165) is 47.1 Å². The van der Waals surface area contributed by atoms with Crippen molar-refractivity contribution in [1.29, 1.82) is 0 Å². The zero-order chi connectivity index (χ0) is 15.6. The minimum Gasteiger partial charge on any atom is -0.506 e. The molecule has 1 aliphatic rings. The molecule has 0 aliphatic carbocycles. The molecule has 1 aliphatic heterocycles. The second-order valence-corrected chi connectivity index (χ2v) is 8.03. The van der Waals surface area contributed by atoms with Gasteiger partial charge in [0.2, 0.25) is 0 Å². The Balaban J connectivity index is 2.48. The predicted molar refractivity (Wildman–Crippen MR) is 97.8 cm³/mol. The topological polar surface area (TPSA) is 35.5 Å². The zero-order valence-corrected chi connectivity index (χ0v) is 17.1. The number of nitrogens with zero attached hydrogens (tertiary/aromatic N) is 1. The van der Waals surface area contributed by atoms with E-state index in [1.807, 2.05) is 6.07 Å². The van der Waals surface area contributed by atoms with Crippen LogP contribution in [0.25, 0.3) is 0 Å². The van der Waals surface area contributed by atoms with Crippen molar-refractivity contribution >= 4 is 47.8 Å². The van der Waals surface area contributed by atoms with E-state index in [-0.39, 0.29) is 5.75 Å². The number of hydrogen-bond acceptors (Lipinski definition) is 3. The number of aromatic hydroxyl groups is 1. The highest BCUT2D eigenvalue weighted by Crippen LogP contribution is 2.46. The van der Waals surface area contributed by atoms with Crippen molar-refractivity contribution in [3.05, 3.63) is 25.0 Å². The summed E-state index contributed by atoms with van der Waals surface area (Å²) in [6, 6.07) is 2.23.